The summed E-state index contributed by atoms with van der Waals surface area (Å²) in [4.78, 5) is 9.02. The van der Waals surface area contributed by atoms with E-state index in [0.29, 0.717) is 29.6 Å². The molecular weight excluding hydrogens is 389 g/mol. The van der Waals surface area contributed by atoms with Crippen molar-refractivity contribution in [3.63, 3.8) is 0 Å². The molecule has 0 saturated heterocycles. The molecule has 0 radical (unpaired) electrons. The Morgan fingerprint density at radius 3 is 2.87 bits per heavy atom. The number of ether oxygens (including phenoxy) is 1. The summed E-state index contributed by atoms with van der Waals surface area (Å²) >= 11 is 0. The maximum absolute atomic E-state index is 14.7. The third-order valence-electron chi connectivity index (χ3n) is 5.16. The van der Waals surface area contributed by atoms with Crippen molar-refractivity contribution in [3.05, 3.63) is 29.3 Å². The lowest BCUT2D eigenvalue weighted by Crippen LogP contribution is -2.20. The maximum Gasteiger partial charge on any atom is 0.257 e. The van der Waals surface area contributed by atoms with E-state index in [2.05, 4.69) is 30.6 Å². The van der Waals surface area contributed by atoms with Gasteiger partial charge in [0.1, 0.15) is 12.3 Å². The van der Waals surface area contributed by atoms with Gasteiger partial charge in [-0.2, -0.15) is 15.2 Å². The van der Waals surface area contributed by atoms with Crippen molar-refractivity contribution < 1.29 is 10.6 Å². The predicted octanol–water partition coefficient (Wildman–Crippen LogP) is 2.64. The van der Waals surface area contributed by atoms with E-state index in [0.717, 1.165) is 28.3 Å². The average Bonchev–Trinajstić information content (AvgIpc) is 3.33. The topological polar surface area (TPSA) is 101 Å². The Labute approximate surface area is 173 Å². The highest BCUT2D eigenvalue weighted by Gasteiger charge is 2.25. The Morgan fingerprint density at radius 2 is 2.13 bits per heavy atom. The van der Waals surface area contributed by atoms with Crippen LogP contribution < -0.4 is 10.1 Å². The van der Waals surface area contributed by atoms with Gasteiger partial charge in [-0.25, -0.2) is 18.7 Å². The van der Waals surface area contributed by atoms with Crippen molar-refractivity contribution in [2.75, 3.05) is 11.9 Å². The second-order valence-electron chi connectivity index (χ2n) is 7.39. The Bertz CT molecular complexity index is 1260. The van der Waals surface area contributed by atoms with E-state index in [1.54, 1.807) is 20.2 Å². The zero-order valence-electron chi connectivity index (χ0n) is 17.2. The van der Waals surface area contributed by atoms with E-state index >= 15 is 0 Å². The predicted molar refractivity (Wildman–Crippen MR) is 110 cm³/mol. The average molecular weight is 413 g/mol. The number of nitrogens with zero attached hydrogens (tertiary/aromatic N) is 8. The highest BCUT2D eigenvalue weighted by atomic mass is 19.1. The number of halogens is 1. The van der Waals surface area contributed by atoms with Gasteiger partial charge in [-0.05, 0) is 20.3 Å². The molecule has 0 saturated carbocycles. The normalized spacial score (nSPS) is 16.2. The molecule has 0 spiro atoms. The lowest BCUT2D eigenvalue weighted by Gasteiger charge is -2.09. The summed E-state index contributed by atoms with van der Waals surface area (Å²) in [6.45, 7) is 5.69. The molecule has 1 aliphatic rings. The first-order valence-corrected chi connectivity index (χ1v) is 9.81. The van der Waals surface area contributed by atoms with Crippen LogP contribution in [0, 0.1) is 13.8 Å². The number of aromatic nitrogens is 8. The van der Waals surface area contributed by atoms with Crippen LogP contribution in [0.15, 0.2) is 12.3 Å². The van der Waals surface area contributed by atoms with E-state index in [-0.39, 0.29) is 14.6 Å². The Hall–Kier alpha value is -3.50. The molecule has 1 N–H and O–H groups in total. The number of anilines is 2. The third-order valence-corrected chi connectivity index (χ3v) is 5.16. The number of alkyl halides is 1. The van der Waals surface area contributed by atoms with Crippen LogP contribution in [0.4, 0.5) is 16.0 Å². The van der Waals surface area contributed by atoms with Crippen molar-refractivity contribution >= 4 is 22.7 Å². The van der Waals surface area contributed by atoms with Crippen molar-refractivity contribution in [3.8, 4) is 11.7 Å². The lowest BCUT2D eigenvalue weighted by molar-refractivity contribution is 0.171. The number of hydrogen-bond acceptors (Lipinski definition) is 7. The number of aryl methyl sites for hydroxylation is 3. The molecule has 10 nitrogen and oxygen atoms in total. The van der Waals surface area contributed by atoms with Gasteiger partial charge in [-0.1, -0.05) is 6.92 Å². The van der Waals surface area contributed by atoms with E-state index in [4.69, 9.17) is 4.74 Å². The van der Waals surface area contributed by atoms with Crippen molar-refractivity contribution in [2.45, 2.75) is 39.9 Å². The van der Waals surface area contributed by atoms with Crippen LogP contribution in [-0.2, 0) is 20.0 Å². The Balaban J connectivity index is 0.00000231. The Morgan fingerprint density at radius 1 is 1.30 bits per heavy atom. The summed E-state index contributed by atoms with van der Waals surface area (Å²) in [6.07, 6.45) is 1.09. The highest BCUT2D eigenvalue weighted by molar-refractivity contribution is 5.79. The van der Waals surface area contributed by atoms with Crippen molar-refractivity contribution in [1.29, 1.82) is 0 Å². The molecule has 0 aliphatic carbocycles. The molecule has 1 atom stereocenters. The van der Waals surface area contributed by atoms with E-state index < -0.39 is 6.17 Å². The van der Waals surface area contributed by atoms with Gasteiger partial charge in [0, 0.05) is 20.7 Å². The molecule has 5 heterocycles. The molecular formula is C19H24FN9O. The van der Waals surface area contributed by atoms with Gasteiger partial charge >= 0.3 is 0 Å². The molecule has 0 aromatic carbocycles. The number of hydrogen-bond donors (Lipinski definition) is 1. The van der Waals surface area contributed by atoms with Crippen LogP contribution in [0.3, 0.4) is 0 Å². The molecule has 5 rings (SSSR count). The second kappa shape index (κ2) is 6.78. The molecule has 0 unspecified atom stereocenters. The summed E-state index contributed by atoms with van der Waals surface area (Å²) in [5.74, 6) is 1.46. The SMILES string of the molecule is CCc1c2c(nn1-c1cc(C)nn1C)OC[C@@H](F)Cn1nc(C)c3cnc(nc31)N2.[HH]. The zero-order chi connectivity index (χ0) is 21.0. The lowest BCUT2D eigenvalue weighted by atomic mass is 10.3. The van der Waals surface area contributed by atoms with Crippen LogP contribution in [0.5, 0.6) is 5.88 Å². The quantitative estimate of drug-likeness (QED) is 0.539. The molecule has 2 bridgehead atoms. The first-order valence-electron chi connectivity index (χ1n) is 9.81. The third kappa shape index (κ3) is 2.88. The number of nitrogens with one attached hydrogen (secondary N) is 1. The largest absolute Gasteiger partial charge is 0.472 e. The van der Waals surface area contributed by atoms with Gasteiger partial charge in [0.25, 0.3) is 5.88 Å². The molecule has 4 aromatic heterocycles. The zero-order valence-corrected chi connectivity index (χ0v) is 17.2. The summed E-state index contributed by atoms with van der Waals surface area (Å²) in [5.41, 5.74) is 3.70. The smallest absolute Gasteiger partial charge is 0.257 e. The summed E-state index contributed by atoms with van der Waals surface area (Å²) in [7, 11) is 1.85. The molecule has 4 aromatic rings. The standard InChI is InChI=1S/C19H22FN9O.H2/c1-5-14-16-18(26-29(14)15-6-10(2)24-27(15)4)30-9-12(20)8-28-17-13(11(3)25-28)7-21-19(22-16)23-17;/h6-7,12H,5,8-9H2,1-4H3,(H,21,22,23);1H/t12-;/m0./s1. The van der Waals surface area contributed by atoms with Crippen molar-refractivity contribution in [2.24, 2.45) is 7.05 Å². The van der Waals surface area contributed by atoms with Crippen LogP contribution in [0.2, 0.25) is 0 Å². The first kappa shape index (κ1) is 18.5. The minimum absolute atomic E-state index is 0. The minimum atomic E-state index is -1.27. The number of fused-ring (bicyclic) bond motifs is 2. The maximum atomic E-state index is 14.7. The van der Waals surface area contributed by atoms with Crippen LogP contribution in [0.1, 0.15) is 25.4 Å². The fraction of sp³-hybridized carbons (Fsp3) is 0.421. The minimum Gasteiger partial charge on any atom is -0.472 e. The summed E-state index contributed by atoms with van der Waals surface area (Å²) in [5, 5.41) is 17.5. The molecule has 0 fully saturated rings. The summed E-state index contributed by atoms with van der Waals surface area (Å²) in [6, 6.07) is 1.94. The Kier molecular flexibility index (Phi) is 4.19. The first-order chi connectivity index (χ1) is 14.4. The number of rotatable bonds is 2. The van der Waals surface area contributed by atoms with Gasteiger partial charge in [-0.15, -0.1) is 5.10 Å². The van der Waals surface area contributed by atoms with Gasteiger partial charge < -0.3 is 10.1 Å². The monoisotopic (exact) mass is 413 g/mol. The van der Waals surface area contributed by atoms with Crippen LogP contribution in [-0.4, -0.2) is 52.1 Å². The fourth-order valence-corrected chi connectivity index (χ4v) is 3.78. The summed E-state index contributed by atoms with van der Waals surface area (Å²) < 4.78 is 25.6. The molecule has 11 heteroatoms. The fourth-order valence-electron chi connectivity index (χ4n) is 3.78. The molecule has 0 amide bonds. The molecule has 30 heavy (non-hydrogen) atoms. The van der Waals surface area contributed by atoms with Crippen LogP contribution in [0.25, 0.3) is 16.9 Å². The van der Waals surface area contributed by atoms with Gasteiger partial charge in [-0.3, -0.25) is 4.68 Å². The van der Waals surface area contributed by atoms with Crippen LogP contribution >= 0.6 is 0 Å². The van der Waals surface area contributed by atoms with Gasteiger partial charge in [0.2, 0.25) is 5.95 Å². The second-order valence-corrected chi connectivity index (χ2v) is 7.39. The van der Waals surface area contributed by atoms with Gasteiger partial charge in [0.05, 0.1) is 29.0 Å². The van der Waals surface area contributed by atoms with E-state index in [1.165, 1.54) is 0 Å². The van der Waals surface area contributed by atoms with Gasteiger partial charge in [0.15, 0.2) is 17.6 Å². The molecule has 1 aliphatic heterocycles. The highest BCUT2D eigenvalue weighted by Crippen LogP contribution is 2.33. The molecule has 158 valence electrons. The van der Waals surface area contributed by atoms with Crippen molar-refractivity contribution in [1.82, 2.24) is 39.3 Å². The van der Waals surface area contributed by atoms with E-state index in [9.17, 15) is 4.39 Å². The van der Waals surface area contributed by atoms with E-state index in [1.807, 2.05) is 33.9 Å².